The van der Waals surface area contributed by atoms with Crippen LogP contribution in [0.5, 0.6) is 5.75 Å². The molecule has 0 spiro atoms. The van der Waals surface area contributed by atoms with Crippen molar-refractivity contribution in [3.8, 4) is 5.75 Å². The lowest BCUT2D eigenvalue weighted by molar-refractivity contribution is 0.306. The van der Waals surface area contributed by atoms with Crippen LogP contribution in [0.25, 0.3) is 0 Å². The first-order valence-electron chi connectivity index (χ1n) is 6.22. The summed E-state index contributed by atoms with van der Waals surface area (Å²) in [7, 11) is 5.40. The number of unbranched alkanes of at least 4 members (excludes halogenated alkanes) is 2. The largest absolute Gasteiger partial charge is 0.494 e. The summed E-state index contributed by atoms with van der Waals surface area (Å²) in [5.41, 5.74) is 1.26. The Morgan fingerprint density at radius 1 is 1.00 bits per heavy atom. The van der Waals surface area contributed by atoms with E-state index in [1.165, 1.54) is 5.56 Å². The third kappa shape index (κ3) is 7.39. The summed E-state index contributed by atoms with van der Waals surface area (Å²) >= 11 is 0. The van der Waals surface area contributed by atoms with Crippen molar-refractivity contribution < 1.29 is 4.74 Å². The maximum absolute atomic E-state index is 5.57. The van der Waals surface area contributed by atoms with Crippen molar-refractivity contribution in [1.29, 1.82) is 0 Å². The molecular weight excluding hydrogens is 195 g/mol. The molecule has 0 saturated carbocycles. The van der Waals surface area contributed by atoms with Gasteiger partial charge in [-0.3, -0.25) is 0 Å². The Bertz CT molecular complexity index is 243. The van der Waals surface area contributed by atoms with E-state index in [0.29, 0.717) is 0 Å². The van der Waals surface area contributed by atoms with Gasteiger partial charge in [0, 0.05) is 0 Å². The van der Waals surface area contributed by atoms with Crippen LogP contribution in [-0.4, -0.2) is 14.5 Å². The van der Waals surface area contributed by atoms with Gasteiger partial charge in [0.1, 0.15) is 5.75 Å². The second kappa shape index (κ2) is 10.6. The minimum atomic E-state index is 0.782. The van der Waals surface area contributed by atoms with E-state index in [1.807, 2.05) is 26.0 Å². The van der Waals surface area contributed by atoms with E-state index in [2.05, 4.69) is 19.1 Å². The van der Waals surface area contributed by atoms with Crippen molar-refractivity contribution in [1.82, 2.24) is 0 Å². The zero-order valence-corrected chi connectivity index (χ0v) is 10.8. The van der Waals surface area contributed by atoms with Crippen LogP contribution in [0.1, 0.15) is 38.7 Å². The zero-order chi connectivity index (χ0) is 12.2. The molecule has 0 amide bonds. The second-order valence-electron chi connectivity index (χ2n) is 3.51. The van der Waals surface area contributed by atoms with Crippen LogP contribution in [0.2, 0.25) is 6.32 Å². The zero-order valence-electron chi connectivity index (χ0n) is 10.8. The van der Waals surface area contributed by atoms with Crippen molar-refractivity contribution >= 4 is 7.85 Å². The average Bonchev–Trinajstić information content (AvgIpc) is 2.34. The molecule has 0 bridgehead atoms. The highest BCUT2D eigenvalue weighted by atomic mass is 16.5. The van der Waals surface area contributed by atoms with Gasteiger partial charge in [-0.15, -0.1) is 0 Å². The van der Waals surface area contributed by atoms with Gasteiger partial charge in [-0.25, -0.2) is 0 Å². The van der Waals surface area contributed by atoms with Crippen molar-refractivity contribution in [3.63, 3.8) is 0 Å². The van der Waals surface area contributed by atoms with E-state index < -0.39 is 0 Å². The van der Waals surface area contributed by atoms with E-state index in [0.717, 1.165) is 37.9 Å². The fourth-order valence-corrected chi connectivity index (χ4v) is 1.25. The van der Waals surface area contributed by atoms with Gasteiger partial charge in [-0.1, -0.05) is 50.7 Å². The molecule has 1 aromatic rings. The molecule has 0 atom stereocenters. The van der Waals surface area contributed by atoms with Crippen molar-refractivity contribution in [2.45, 2.75) is 46.4 Å². The van der Waals surface area contributed by atoms with E-state index in [1.54, 1.807) is 0 Å². The number of hydrogen-bond donors (Lipinski definition) is 0. The molecule has 0 aliphatic carbocycles. The van der Waals surface area contributed by atoms with Crippen LogP contribution in [0.15, 0.2) is 24.3 Å². The Hall–Kier alpha value is -0.915. The summed E-state index contributed by atoms with van der Waals surface area (Å²) in [6.45, 7) is 6.87. The van der Waals surface area contributed by atoms with Gasteiger partial charge in [0.15, 0.2) is 0 Å². The summed E-state index contributed by atoms with van der Waals surface area (Å²) < 4.78 is 5.57. The molecule has 0 N–H and O–H groups in total. The number of aryl methyl sites for hydroxylation is 1. The molecular formula is C14H23BO. The van der Waals surface area contributed by atoms with Crippen LogP contribution >= 0.6 is 0 Å². The number of benzene rings is 1. The van der Waals surface area contributed by atoms with Gasteiger partial charge in [-0.05, 0) is 25.5 Å². The number of ether oxygens (including phenoxy) is 1. The normalized spacial score (nSPS) is 9.19. The van der Waals surface area contributed by atoms with E-state index in [4.69, 9.17) is 12.6 Å². The van der Waals surface area contributed by atoms with Gasteiger partial charge in [0.05, 0.1) is 14.5 Å². The molecule has 1 aromatic carbocycles. The lowest BCUT2D eigenvalue weighted by atomic mass is 10.00. The summed E-state index contributed by atoms with van der Waals surface area (Å²) in [5.74, 6) is 0.961. The molecule has 88 valence electrons. The molecule has 1 rings (SSSR count). The van der Waals surface area contributed by atoms with Crippen LogP contribution in [0.3, 0.4) is 0 Å². The molecule has 0 saturated heterocycles. The fourth-order valence-electron chi connectivity index (χ4n) is 1.25. The smallest absolute Gasteiger partial charge is 0.119 e. The van der Waals surface area contributed by atoms with Crippen molar-refractivity contribution in [2.75, 3.05) is 6.61 Å². The first-order valence-corrected chi connectivity index (χ1v) is 6.22. The quantitative estimate of drug-likeness (QED) is 0.514. The molecule has 0 aliphatic heterocycles. The van der Waals surface area contributed by atoms with Gasteiger partial charge < -0.3 is 4.74 Å². The fraction of sp³-hybridized carbons (Fsp3) is 0.571. The van der Waals surface area contributed by atoms with Gasteiger partial charge in [0.2, 0.25) is 0 Å². The van der Waals surface area contributed by atoms with Crippen LogP contribution < -0.4 is 4.74 Å². The van der Waals surface area contributed by atoms with E-state index in [9.17, 15) is 0 Å². The Kier molecular flexibility index (Phi) is 9.99. The summed E-state index contributed by atoms with van der Waals surface area (Å²) in [6.07, 6.45) is 4.12. The summed E-state index contributed by atoms with van der Waals surface area (Å²) in [5, 5.41) is 0. The molecule has 16 heavy (non-hydrogen) atoms. The average molecular weight is 218 g/mol. The van der Waals surface area contributed by atoms with Crippen LogP contribution in [0.4, 0.5) is 0 Å². The van der Waals surface area contributed by atoms with Gasteiger partial charge in [0.25, 0.3) is 0 Å². The molecule has 1 nitrogen and oxygen atoms in total. The molecule has 0 heterocycles. The minimum Gasteiger partial charge on any atom is -0.494 e. The predicted octanol–water partition coefficient (Wildman–Crippen LogP) is 4.16. The molecule has 2 radical (unpaired) electrons. The monoisotopic (exact) mass is 218 g/mol. The van der Waals surface area contributed by atoms with E-state index >= 15 is 0 Å². The highest BCUT2D eigenvalue weighted by molar-refractivity contribution is 6.08. The molecule has 2 heteroatoms. The summed E-state index contributed by atoms with van der Waals surface area (Å²) in [4.78, 5) is 0. The SMILES string of the molecule is CC.[B]CCCCCOc1ccc(C)cc1. The predicted molar refractivity (Wildman–Crippen MR) is 72.4 cm³/mol. The van der Waals surface area contributed by atoms with Crippen molar-refractivity contribution in [2.24, 2.45) is 0 Å². The Balaban J connectivity index is 0.00000106. The standard InChI is InChI=1S/C12H17BO.C2H6/c1-11-5-7-12(8-6-11)14-10-4-2-3-9-13;1-2/h5-8H,2-4,9-10H2,1H3;1-2H3. The molecule has 0 aliphatic rings. The maximum atomic E-state index is 5.57. The lowest BCUT2D eigenvalue weighted by Crippen LogP contribution is -1.96. The molecule has 0 aromatic heterocycles. The lowest BCUT2D eigenvalue weighted by Gasteiger charge is -2.05. The number of hydrogen-bond acceptors (Lipinski definition) is 1. The highest BCUT2D eigenvalue weighted by Gasteiger charge is 1.92. The minimum absolute atomic E-state index is 0.782. The topological polar surface area (TPSA) is 9.23 Å². The van der Waals surface area contributed by atoms with Gasteiger partial charge in [-0.2, -0.15) is 0 Å². The Morgan fingerprint density at radius 2 is 1.62 bits per heavy atom. The highest BCUT2D eigenvalue weighted by Crippen LogP contribution is 2.12. The third-order valence-electron chi connectivity index (χ3n) is 2.14. The maximum Gasteiger partial charge on any atom is 0.119 e. The van der Waals surface area contributed by atoms with Crippen LogP contribution in [-0.2, 0) is 0 Å². The molecule has 0 fully saturated rings. The van der Waals surface area contributed by atoms with Crippen molar-refractivity contribution in [3.05, 3.63) is 29.8 Å². The van der Waals surface area contributed by atoms with Crippen LogP contribution in [0, 0.1) is 6.92 Å². The Labute approximate surface area is 102 Å². The van der Waals surface area contributed by atoms with Gasteiger partial charge >= 0.3 is 0 Å². The molecule has 0 unspecified atom stereocenters. The Morgan fingerprint density at radius 3 is 2.19 bits per heavy atom. The number of rotatable bonds is 6. The first kappa shape index (κ1) is 15.1. The second-order valence-corrected chi connectivity index (χ2v) is 3.51. The first-order chi connectivity index (χ1) is 7.83. The van der Waals surface area contributed by atoms with E-state index in [-0.39, 0.29) is 0 Å². The third-order valence-corrected chi connectivity index (χ3v) is 2.14. The summed E-state index contributed by atoms with van der Waals surface area (Å²) in [6, 6.07) is 8.15.